The number of hydrogen-bond donors (Lipinski definition) is 1. The van der Waals surface area contributed by atoms with Crippen LogP contribution >= 0.6 is 0 Å². The van der Waals surface area contributed by atoms with Crippen LogP contribution in [0.15, 0.2) is 12.3 Å². The van der Waals surface area contributed by atoms with Gasteiger partial charge in [-0.15, -0.1) is 0 Å². The average molecular weight is 278 g/mol. The highest BCUT2D eigenvalue weighted by molar-refractivity contribution is 5.42. The topological polar surface area (TPSA) is 43.4 Å². The van der Waals surface area contributed by atoms with E-state index in [1.807, 2.05) is 0 Å². The van der Waals surface area contributed by atoms with Crippen molar-refractivity contribution in [1.82, 2.24) is 10.3 Å². The number of ether oxygens (including phenoxy) is 2. The molecule has 1 N–H and O–H groups in total. The maximum Gasteiger partial charge on any atom is 0.390 e. The van der Waals surface area contributed by atoms with Gasteiger partial charge in [0.05, 0.1) is 26.3 Å². The van der Waals surface area contributed by atoms with Gasteiger partial charge in [-0.25, -0.2) is 0 Å². The van der Waals surface area contributed by atoms with Crippen molar-refractivity contribution in [1.29, 1.82) is 0 Å². The Labute approximate surface area is 109 Å². The zero-order valence-corrected chi connectivity index (χ0v) is 11.0. The summed E-state index contributed by atoms with van der Waals surface area (Å²) in [4.78, 5) is 4.08. The molecule has 19 heavy (non-hydrogen) atoms. The third-order valence-electron chi connectivity index (χ3n) is 2.52. The molecule has 4 nitrogen and oxygen atoms in total. The number of hydrogen-bond acceptors (Lipinski definition) is 4. The second-order valence-corrected chi connectivity index (χ2v) is 4.09. The number of aromatic nitrogens is 1. The van der Waals surface area contributed by atoms with Crippen LogP contribution in [-0.2, 0) is 6.54 Å². The van der Waals surface area contributed by atoms with Gasteiger partial charge in [-0.2, -0.15) is 13.2 Å². The molecule has 0 aliphatic heterocycles. The number of nitrogens with zero attached hydrogens (tertiary/aromatic N) is 1. The molecule has 0 saturated heterocycles. The second-order valence-electron chi connectivity index (χ2n) is 4.09. The highest BCUT2D eigenvalue weighted by atomic mass is 19.4. The smallest absolute Gasteiger partial charge is 0.390 e. The van der Waals surface area contributed by atoms with Gasteiger partial charge in [-0.05, 0) is 6.92 Å². The first-order chi connectivity index (χ1) is 8.87. The van der Waals surface area contributed by atoms with E-state index in [0.717, 1.165) is 0 Å². The number of nitrogens with one attached hydrogen (secondary N) is 1. The summed E-state index contributed by atoms with van der Waals surface area (Å²) >= 11 is 0. The minimum atomic E-state index is -4.18. The third-order valence-corrected chi connectivity index (χ3v) is 2.52. The van der Waals surface area contributed by atoms with E-state index in [4.69, 9.17) is 9.47 Å². The van der Waals surface area contributed by atoms with Crippen molar-refractivity contribution in [2.24, 2.45) is 0 Å². The fourth-order valence-corrected chi connectivity index (χ4v) is 1.67. The molecule has 108 valence electrons. The van der Waals surface area contributed by atoms with Gasteiger partial charge >= 0.3 is 6.18 Å². The average Bonchev–Trinajstić information content (AvgIpc) is 2.33. The van der Waals surface area contributed by atoms with Crippen LogP contribution in [0.25, 0.3) is 0 Å². The van der Waals surface area contributed by atoms with Crippen molar-refractivity contribution in [2.45, 2.75) is 32.1 Å². The van der Waals surface area contributed by atoms with Crippen molar-refractivity contribution < 1.29 is 22.6 Å². The Morgan fingerprint density at radius 2 is 2.00 bits per heavy atom. The van der Waals surface area contributed by atoms with Crippen molar-refractivity contribution >= 4 is 0 Å². The molecule has 0 saturated carbocycles. The zero-order chi connectivity index (χ0) is 14.5. The van der Waals surface area contributed by atoms with Gasteiger partial charge in [0.1, 0.15) is 0 Å². The summed E-state index contributed by atoms with van der Waals surface area (Å²) < 4.78 is 46.8. The minimum Gasteiger partial charge on any atom is -0.493 e. The molecule has 0 aromatic carbocycles. The molecule has 1 atom stereocenters. The van der Waals surface area contributed by atoms with Gasteiger partial charge in [0.25, 0.3) is 0 Å². The van der Waals surface area contributed by atoms with E-state index in [9.17, 15) is 13.2 Å². The van der Waals surface area contributed by atoms with Crippen molar-refractivity contribution in [2.75, 3.05) is 14.2 Å². The molecule has 7 heteroatoms. The molecular formula is C12H17F3N2O2. The molecule has 1 heterocycles. The monoisotopic (exact) mass is 278 g/mol. The van der Waals surface area contributed by atoms with E-state index < -0.39 is 18.6 Å². The van der Waals surface area contributed by atoms with Gasteiger partial charge in [0, 0.05) is 24.8 Å². The largest absolute Gasteiger partial charge is 0.493 e. The van der Waals surface area contributed by atoms with E-state index in [1.54, 1.807) is 6.07 Å². The van der Waals surface area contributed by atoms with Gasteiger partial charge in [-0.3, -0.25) is 4.98 Å². The first kappa shape index (κ1) is 15.6. The quantitative estimate of drug-likeness (QED) is 0.868. The molecular weight excluding hydrogens is 261 g/mol. The number of rotatable bonds is 6. The van der Waals surface area contributed by atoms with Gasteiger partial charge in [0.2, 0.25) is 0 Å². The lowest BCUT2D eigenvalue weighted by molar-refractivity contribution is -0.139. The SMILES string of the molecule is COc1ccnc(CNC(C)CC(F)(F)F)c1OC. The summed E-state index contributed by atoms with van der Waals surface area (Å²) in [5.41, 5.74) is 0.510. The van der Waals surface area contributed by atoms with Crippen LogP contribution in [0.3, 0.4) is 0 Å². The lowest BCUT2D eigenvalue weighted by atomic mass is 10.2. The molecule has 0 amide bonds. The van der Waals surface area contributed by atoms with E-state index in [1.165, 1.54) is 27.3 Å². The zero-order valence-electron chi connectivity index (χ0n) is 11.0. The molecule has 0 bridgehead atoms. The summed E-state index contributed by atoms with van der Waals surface area (Å²) in [6.07, 6.45) is -3.55. The maximum atomic E-state index is 12.2. The Morgan fingerprint density at radius 1 is 1.32 bits per heavy atom. The highest BCUT2D eigenvalue weighted by Gasteiger charge is 2.29. The molecule has 1 rings (SSSR count). The number of pyridine rings is 1. The molecule has 0 spiro atoms. The molecule has 1 unspecified atom stereocenters. The van der Waals surface area contributed by atoms with Gasteiger partial charge < -0.3 is 14.8 Å². The van der Waals surface area contributed by atoms with Gasteiger partial charge in [-0.1, -0.05) is 0 Å². The van der Waals surface area contributed by atoms with Crippen molar-refractivity contribution in [3.05, 3.63) is 18.0 Å². The Kier molecular flexibility index (Phi) is 5.41. The van der Waals surface area contributed by atoms with Crippen molar-refractivity contribution in [3.63, 3.8) is 0 Å². The standard InChI is InChI=1S/C12H17F3N2O2/c1-8(6-12(13,14)15)17-7-9-11(19-3)10(18-2)4-5-16-9/h4-5,8,17H,6-7H2,1-3H3. The Bertz CT molecular complexity index is 410. The molecule has 0 aliphatic carbocycles. The lowest BCUT2D eigenvalue weighted by Crippen LogP contribution is -2.31. The summed E-state index contributed by atoms with van der Waals surface area (Å²) in [6, 6.07) is 0.930. The van der Waals surface area contributed by atoms with Crippen molar-refractivity contribution in [3.8, 4) is 11.5 Å². The van der Waals surface area contributed by atoms with E-state index in [-0.39, 0.29) is 6.54 Å². The predicted molar refractivity (Wildman–Crippen MR) is 64.3 cm³/mol. The Morgan fingerprint density at radius 3 is 2.53 bits per heavy atom. The van der Waals surface area contributed by atoms with E-state index >= 15 is 0 Å². The molecule has 1 aromatic rings. The fourth-order valence-electron chi connectivity index (χ4n) is 1.67. The third kappa shape index (κ3) is 4.94. The minimum absolute atomic E-state index is 0.178. The second kappa shape index (κ2) is 6.60. The number of halogens is 3. The Hall–Kier alpha value is -1.50. The Balaban J connectivity index is 2.67. The van der Waals surface area contributed by atoms with Crippen LogP contribution in [0, 0.1) is 0 Å². The number of alkyl halides is 3. The summed E-state index contributed by atoms with van der Waals surface area (Å²) in [5, 5.41) is 2.76. The van der Waals surface area contributed by atoms with E-state index in [2.05, 4.69) is 10.3 Å². The summed E-state index contributed by atoms with van der Waals surface area (Å²) in [6.45, 7) is 1.65. The lowest BCUT2D eigenvalue weighted by Gasteiger charge is -2.17. The normalized spacial score (nSPS) is 13.2. The predicted octanol–water partition coefficient (Wildman–Crippen LogP) is 2.53. The number of methoxy groups -OCH3 is 2. The molecule has 0 aliphatic rings. The van der Waals surface area contributed by atoms with Crippen LogP contribution in [0.1, 0.15) is 19.0 Å². The fraction of sp³-hybridized carbons (Fsp3) is 0.583. The maximum absolute atomic E-state index is 12.2. The summed E-state index contributed by atoms with van der Waals surface area (Å²) in [5.74, 6) is 0.925. The van der Waals surface area contributed by atoms with Crippen LogP contribution in [0.2, 0.25) is 0 Å². The molecule has 0 fully saturated rings. The molecule has 1 aromatic heterocycles. The van der Waals surface area contributed by atoms with Crippen LogP contribution in [-0.4, -0.2) is 31.4 Å². The molecule has 0 radical (unpaired) electrons. The van der Waals surface area contributed by atoms with E-state index in [0.29, 0.717) is 17.2 Å². The first-order valence-corrected chi connectivity index (χ1v) is 5.73. The van der Waals surface area contributed by atoms with Crippen LogP contribution in [0.4, 0.5) is 13.2 Å². The highest BCUT2D eigenvalue weighted by Crippen LogP contribution is 2.29. The summed E-state index contributed by atoms with van der Waals surface area (Å²) in [7, 11) is 2.95. The van der Waals surface area contributed by atoms with Gasteiger partial charge in [0.15, 0.2) is 11.5 Å². The van der Waals surface area contributed by atoms with Crippen LogP contribution < -0.4 is 14.8 Å². The first-order valence-electron chi connectivity index (χ1n) is 5.73. The van der Waals surface area contributed by atoms with Crippen LogP contribution in [0.5, 0.6) is 11.5 Å².